The third-order valence-electron chi connectivity index (χ3n) is 3.45. The van der Waals surface area contributed by atoms with Crippen LogP contribution in [0, 0.1) is 0 Å². The van der Waals surface area contributed by atoms with Gasteiger partial charge >= 0.3 is 6.18 Å². The number of halogens is 3. The number of aromatic nitrogens is 1. The number of benzene rings is 1. The summed E-state index contributed by atoms with van der Waals surface area (Å²) in [6.07, 6.45) is 0.908. The molecular weight excluding hydrogens is 331 g/mol. The average molecular weight is 351 g/mol. The third-order valence-corrected chi connectivity index (χ3v) is 3.45. The normalized spacial score (nSPS) is 11.8. The quantitative estimate of drug-likeness (QED) is 0.404. The molecular formula is C18H20F3N3O. The van der Waals surface area contributed by atoms with E-state index in [4.69, 9.17) is 4.74 Å². The average Bonchev–Trinajstić information content (AvgIpc) is 2.60. The number of alkyl halides is 3. The van der Waals surface area contributed by atoms with E-state index in [9.17, 15) is 13.2 Å². The summed E-state index contributed by atoms with van der Waals surface area (Å²) in [4.78, 5) is 3.64. The van der Waals surface area contributed by atoms with Crippen LogP contribution in [-0.4, -0.2) is 11.6 Å². The Labute approximate surface area is 144 Å². The van der Waals surface area contributed by atoms with Crippen molar-refractivity contribution in [3.05, 3.63) is 48.2 Å². The van der Waals surface area contributed by atoms with Crippen LogP contribution in [0.3, 0.4) is 0 Å². The van der Waals surface area contributed by atoms with Crippen molar-refractivity contribution in [2.75, 3.05) is 6.61 Å². The van der Waals surface area contributed by atoms with Gasteiger partial charge in [0.1, 0.15) is 5.75 Å². The van der Waals surface area contributed by atoms with Gasteiger partial charge in [-0.25, -0.2) is 4.98 Å². The van der Waals surface area contributed by atoms with E-state index in [1.807, 2.05) is 0 Å². The van der Waals surface area contributed by atoms with Crippen LogP contribution in [0.15, 0.2) is 52.8 Å². The lowest BCUT2D eigenvalue weighted by atomic mass is 10.2. The number of hydrogen-bond acceptors (Lipinski definition) is 4. The molecule has 4 nitrogen and oxygen atoms in total. The van der Waals surface area contributed by atoms with E-state index >= 15 is 0 Å². The molecule has 1 aromatic heterocycles. The molecule has 0 radical (unpaired) electrons. The summed E-state index contributed by atoms with van der Waals surface area (Å²) in [5, 5.41) is 7.79. The fourth-order valence-corrected chi connectivity index (χ4v) is 2.05. The predicted octanol–water partition coefficient (Wildman–Crippen LogP) is 6.47. The smallest absolute Gasteiger partial charge is 0.417 e. The van der Waals surface area contributed by atoms with Crippen molar-refractivity contribution in [1.29, 1.82) is 0 Å². The van der Waals surface area contributed by atoms with Gasteiger partial charge in [-0.05, 0) is 42.8 Å². The molecule has 1 heterocycles. The van der Waals surface area contributed by atoms with E-state index in [-0.39, 0.29) is 5.82 Å². The second kappa shape index (κ2) is 9.15. The molecule has 0 N–H and O–H groups in total. The fraction of sp³-hybridized carbons (Fsp3) is 0.389. The standard InChI is InChI=1S/C18H20F3N3O/c1-2-3-4-5-12-25-16-9-7-15(8-10-16)23-24-17-11-6-14(13-22-17)18(19,20)21/h6-11,13H,2-5,12H2,1H3/b24-23+. The van der Waals surface area contributed by atoms with Gasteiger partial charge in [-0.1, -0.05) is 26.2 Å². The lowest BCUT2D eigenvalue weighted by molar-refractivity contribution is -0.137. The van der Waals surface area contributed by atoms with Gasteiger partial charge in [-0.2, -0.15) is 13.2 Å². The first-order chi connectivity index (χ1) is 12.0. The minimum absolute atomic E-state index is 0.115. The summed E-state index contributed by atoms with van der Waals surface area (Å²) in [6, 6.07) is 9.14. The van der Waals surface area contributed by atoms with Gasteiger partial charge in [0, 0.05) is 6.20 Å². The van der Waals surface area contributed by atoms with Crippen LogP contribution in [0.1, 0.15) is 38.2 Å². The molecule has 0 aliphatic rings. The molecule has 25 heavy (non-hydrogen) atoms. The summed E-state index contributed by atoms with van der Waals surface area (Å²) in [7, 11) is 0. The monoisotopic (exact) mass is 351 g/mol. The zero-order valence-electron chi connectivity index (χ0n) is 14.0. The van der Waals surface area contributed by atoms with Crippen molar-refractivity contribution in [2.45, 2.75) is 38.8 Å². The van der Waals surface area contributed by atoms with Crippen molar-refractivity contribution in [3.8, 4) is 5.75 Å². The van der Waals surface area contributed by atoms with Gasteiger partial charge in [-0.15, -0.1) is 10.2 Å². The first-order valence-corrected chi connectivity index (χ1v) is 8.17. The molecule has 0 saturated carbocycles. The molecule has 7 heteroatoms. The Kier molecular flexibility index (Phi) is 6.91. The summed E-state index contributed by atoms with van der Waals surface area (Å²) >= 11 is 0. The lowest BCUT2D eigenvalue weighted by Crippen LogP contribution is -2.04. The van der Waals surface area contributed by atoms with Gasteiger partial charge in [0.2, 0.25) is 0 Å². The van der Waals surface area contributed by atoms with Crippen LogP contribution in [0.2, 0.25) is 0 Å². The zero-order valence-corrected chi connectivity index (χ0v) is 14.0. The second-order valence-corrected chi connectivity index (χ2v) is 5.51. The summed E-state index contributed by atoms with van der Waals surface area (Å²) in [6.45, 7) is 2.84. The molecule has 0 bridgehead atoms. The Balaban J connectivity index is 1.87. The molecule has 0 amide bonds. The number of azo groups is 1. The molecule has 0 atom stereocenters. The summed E-state index contributed by atoms with van der Waals surface area (Å²) < 4.78 is 43.0. The third kappa shape index (κ3) is 6.52. The highest BCUT2D eigenvalue weighted by Gasteiger charge is 2.30. The number of ether oxygens (including phenoxy) is 1. The van der Waals surface area contributed by atoms with Gasteiger partial charge < -0.3 is 4.74 Å². The van der Waals surface area contributed by atoms with Crippen LogP contribution in [0.25, 0.3) is 0 Å². The molecule has 2 aromatic rings. The lowest BCUT2D eigenvalue weighted by Gasteiger charge is -2.05. The van der Waals surface area contributed by atoms with Gasteiger partial charge in [0.25, 0.3) is 0 Å². The Morgan fingerprint density at radius 3 is 2.32 bits per heavy atom. The topological polar surface area (TPSA) is 46.8 Å². The van der Waals surface area contributed by atoms with Gasteiger partial charge in [-0.3, -0.25) is 0 Å². The van der Waals surface area contributed by atoms with Gasteiger partial charge in [0.05, 0.1) is 17.9 Å². The molecule has 1 aromatic carbocycles. The number of pyridine rings is 1. The molecule has 2 rings (SSSR count). The molecule has 0 fully saturated rings. The predicted molar refractivity (Wildman–Crippen MR) is 89.5 cm³/mol. The van der Waals surface area contributed by atoms with E-state index in [0.29, 0.717) is 12.3 Å². The van der Waals surface area contributed by atoms with Crippen LogP contribution in [0.4, 0.5) is 24.7 Å². The first-order valence-electron chi connectivity index (χ1n) is 8.17. The van der Waals surface area contributed by atoms with E-state index < -0.39 is 11.7 Å². The first kappa shape index (κ1) is 18.9. The second-order valence-electron chi connectivity index (χ2n) is 5.51. The summed E-state index contributed by atoms with van der Waals surface area (Å²) in [5.41, 5.74) is -0.244. The van der Waals surface area contributed by atoms with Crippen LogP contribution < -0.4 is 4.74 Å². The SMILES string of the molecule is CCCCCCOc1ccc(/N=N/c2ccc(C(F)(F)F)cn2)cc1. The zero-order chi connectivity index (χ0) is 18.1. The maximum atomic E-state index is 12.5. The molecule has 0 aliphatic heterocycles. The van der Waals surface area contributed by atoms with E-state index in [1.54, 1.807) is 24.3 Å². The fourth-order valence-electron chi connectivity index (χ4n) is 2.05. The highest BCUT2D eigenvalue weighted by Crippen LogP contribution is 2.29. The van der Waals surface area contributed by atoms with E-state index in [2.05, 4.69) is 22.1 Å². The van der Waals surface area contributed by atoms with Gasteiger partial charge in [0.15, 0.2) is 5.82 Å². The Hall–Kier alpha value is -2.44. The van der Waals surface area contributed by atoms with Crippen LogP contribution >= 0.6 is 0 Å². The number of unbranched alkanes of at least 4 members (excludes halogenated alkanes) is 3. The number of hydrogen-bond donors (Lipinski definition) is 0. The van der Waals surface area contributed by atoms with Crippen LogP contribution in [0.5, 0.6) is 5.75 Å². The molecule has 0 unspecified atom stereocenters. The van der Waals surface area contributed by atoms with Crippen molar-refractivity contribution >= 4 is 11.5 Å². The number of nitrogens with zero attached hydrogens (tertiary/aromatic N) is 3. The highest BCUT2D eigenvalue weighted by molar-refractivity contribution is 5.41. The Morgan fingerprint density at radius 2 is 1.72 bits per heavy atom. The van der Waals surface area contributed by atoms with Crippen molar-refractivity contribution < 1.29 is 17.9 Å². The summed E-state index contributed by atoms with van der Waals surface area (Å²) in [5.74, 6) is 0.868. The molecule has 0 saturated heterocycles. The highest BCUT2D eigenvalue weighted by atomic mass is 19.4. The Morgan fingerprint density at radius 1 is 0.960 bits per heavy atom. The van der Waals surface area contributed by atoms with E-state index in [1.165, 1.54) is 18.9 Å². The van der Waals surface area contributed by atoms with Crippen LogP contribution in [-0.2, 0) is 6.18 Å². The maximum Gasteiger partial charge on any atom is 0.417 e. The minimum atomic E-state index is -4.41. The van der Waals surface area contributed by atoms with Crippen molar-refractivity contribution in [3.63, 3.8) is 0 Å². The Bertz CT molecular complexity index is 667. The molecule has 134 valence electrons. The molecule has 0 aliphatic carbocycles. The van der Waals surface area contributed by atoms with Crippen molar-refractivity contribution in [1.82, 2.24) is 4.98 Å². The maximum absolute atomic E-state index is 12.5. The van der Waals surface area contributed by atoms with Crippen molar-refractivity contribution in [2.24, 2.45) is 10.2 Å². The van der Waals surface area contributed by atoms with E-state index in [0.717, 1.165) is 30.9 Å². The molecule has 0 spiro atoms. The minimum Gasteiger partial charge on any atom is -0.494 e. The number of rotatable bonds is 8. The largest absolute Gasteiger partial charge is 0.494 e.